The molecule has 0 aliphatic carbocycles. The van der Waals surface area contributed by atoms with E-state index in [0.29, 0.717) is 32.7 Å². The fraction of sp³-hybridized carbons (Fsp3) is 0.0800. The fourth-order valence-corrected chi connectivity index (χ4v) is 3.35. The number of nitrogens with zero attached hydrogens (tertiary/aromatic N) is 1. The highest BCUT2D eigenvalue weighted by Crippen LogP contribution is 2.27. The van der Waals surface area contributed by atoms with Gasteiger partial charge >= 0.3 is 5.97 Å². The van der Waals surface area contributed by atoms with Crippen LogP contribution in [0.15, 0.2) is 84.9 Å². The van der Waals surface area contributed by atoms with Crippen molar-refractivity contribution < 1.29 is 14.3 Å². The SMILES string of the molecule is CC(OC(=O)c1cc(-c2ccc(Cl)cc2)nc2ccccc12)C(=O)c1ccccc1. The number of esters is 1. The number of rotatable bonds is 5. The number of fused-ring (bicyclic) bond motifs is 1. The Morgan fingerprint density at radius 3 is 2.30 bits per heavy atom. The normalized spacial score (nSPS) is 11.8. The van der Waals surface area contributed by atoms with E-state index in [4.69, 9.17) is 16.3 Å². The van der Waals surface area contributed by atoms with Crippen LogP contribution in [0.1, 0.15) is 27.6 Å². The summed E-state index contributed by atoms with van der Waals surface area (Å²) in [4.78, 5) is 30.3. The van der Waals surface area contributed by atoms with Crippen molar-refractivity contribution in [2.24, 2.45) is 0 Å². The maximum Gasteiger partial charge on any atom is 0.339 e. The third-order valence-electron chi connectivity index (χ3n) is 4.79. The monoisotopic (exact) mass is 415 g/mol. The molecule has 5 heteroatoms. The highest BCUT2D eigenvalue weighted by molar-refractivity contribution is 6.30. The minimum Gasteiger partial charge on any atom is -0.451 e. The summed E-state index contributed by atoms with van der Waals surface area (Å²) in [5.74, 6) is -0.819. The summed E-state index contributed by atoms with van der Waals surface area (Å²) < 4.78 is 5.53. The van der Waals surface area contributed by atoms with Crippen molar-refractivity contribution in [2.45, 2.75) is 13.0 Å². The highest BCUT2D eigenvalue weighted by atomic mass is 35.5. The molecular weight excluding hydrogens is 398 g/mol. The van der Waals surface area contributed by atoms with E-state index in [1.54, 1.807) is 49.4 Å². The van der Waals surface area contributed by atoms with Crippen molar-refractivity contribution in [1.82, 2.24) is 4.98 Å². The van der Waals surface area contributed by atoms with Gasteiger partial charge in [0.1, 0.15) is 0 Å². The zero-order chi connectivity index (χ0) is 21.1. The Morgan fingerprint density at radius 1 is 0.900 bits per heavy atom. The van der Waals surface area contributed by atoms with Gasteiger partial charge in [0.25, 0.3) is 0 Å². The van der Waals surface area contributed by atoms with Crippen molar-refractivity contribution in [3.05, 3.63) is 101 Å². The van der Waals surface area contributed by atoms with Crippen LogP contribution in [0.25, 0.3) is 22.2 Å². The first-order valence-corrected chi connectivity index (χ1v) is 9.87. The Labute approximate surface area is 179 Å². The minimum absolute atomic E-state index is 0.250. The predicted molar refractivity (Wildman–Crippen MR) is 118 cm³/mol. The van der Waals surface area contributed by atoms with Gasteiger partial charge in [0.2, 0.25) is 5.78 Å². The van der Waals surface area contributed by atoms with Crippen LogP contribution < -0.4 is 0 Å². The largest absolute Gasteiger partial charge is 0.451 e. The van der Waals surface area contributed by atoms with Gasteiger partial charge in [0.05, 0.1) is 16.8 Å². The molecule has 0 radical (unpaired) electrons. The van der Waals surface area contributed by atoms with Crippen molar-refractivity contribution >= 4 is 34.3 Å². The average molecular weight is 416 g/mol. The molecule has 30 heavy (non-hydrogen) atoms. The molecule has 148 valence electrons. The van der Waals surface area contributed by atoms with Gasteiger partial charge in [-0.15, -0.1) is 0 Å². The van der Waals surface area contributed by atoms with Crippen LogP contribution in [0, 0.1) is 0 Å². The third-order valence-corrected chi connectivity index (χ3v) is 5.04. The van der Waals surface area contributed by atoms with Crippen LogP contribution >= 0.6 is 11.6 Å². The third kappa shape index (κ3) is 4.09. The molecule has 0 aliphatic rings. The zero-order valence-corrected chi connectivity index (χ0v) is 17.0. The van der Waals surface area contributed by atoms with Crippen LogP contribution in [-0.2, 0) is 4.74 Å². The molecule has 0 fully saturated rings. The Kier molecular flexibility index (Phi) is 5.59. The summed E-state index contributed by atoms with van der Waals surface area (Å²) in [5.41, 5.74) is 2.98. The Morgan fingerprint density at radius 2 is 1.57 bits per heavy atom. The topological polar surface area (TPSA) is 56.3 Å². The van der Waals surface area contributed by atoms with E-state index in [-0.39, 0.29) is 5.78 Å². The van der Waals surface area contributed by atoms with Crippen LogP contribution in [0.5, 0.6) is 0 Å². The molecule has 0 aliphatic heterocycles. The van der Waals surface area contributed by atoms with E-state index in [2.05, 4.69) is 4.98 Å². The first-order chi connectivity index (χ1) is 14.5. The fourth-order valence-electron chi connectivity index (χ4n) is 3.23. The zero-order valence-electron chi connectivity index (χ0n) is 16.2. The van der Waals surface area contributed by atoms with Crippen molar-refractivity contribution in [2.75, 3.05) is 0 Å². The number of hydrogen-bond acceptors (Lipinski definition) is 4. The van der Waals surface area contributed by atoms with Gasteiger partial charge in [0.15, 0.2) is 6.10 Å². The summed E-state index contributed by atoms with van der Waals surface area (Å²) in [6.07, 6.45) is -0.911. The van der Waals surface area contributed by atoms with E-state index in [0.717, 1.165) is 5.56 Å². The molecule has 0 amide bonds. The average Bonchev–Trinajstić information content (AvgIpc) is 2.78. The number of para-hydroxylation sites is 1. The number of ketones is 1. The second-order valence-corrected chi connectivity index (χ2v) is 7.29. The van der Waals surface area contributed by atoms with E-state index in [1.165, 1.54) is 0 Å². The molecule has 1 heterocycles. The number of halogens is 1. The molecule has 4 aromatic rings. The Bertz CT molecular complexity index is 1220. The molecule has 4 nitrogen and oxygen atoms in total. The summed E-state index contributed by atoms with van der Waals surface area (Å²) >= 11 is 5.99. The van der Waals surface area contributed by atoms with Crippen molar-refractivity contribution in [1.29, 1.82) is 0 Å². The number of Topliss-reactive ketones (excluding diaryl/α,β-unsaturated/α-hetero) is 1. The number of pyridine rings is 1. The lowest BCUT2D eigenvalue weighted by Gasteiger charge is -2.14. The quantitative estimate of drug-likeness (QED) is 0.297. The van der Waals surface area contributed by atoms with Crippen LogP contribution in [0.2, 0.25) is 5.02 Å². The highest BCUT2D eigenvalue weighted by Gasteiger charge is 2.22. The minimum atomic E-state index is -0.911. The summed E-state index contributed by atoms with van der Waals surface area (Å²) in [5, 5.41) is 1.28. The maximum atomic E-state index is 13.0. The van der Waals surface area contributed by atoms with Gasteiger partial charge < -0.3 is 4.74 Å². The molecule has 0 saturated carbocycles. The van der Waals surface area contributed by atoms with Crippen LogP contribution in [-0.4, -0.2) is 22.8 Å². The number of benzene rings is 3. The summed E-state index contributed by atoms with van der Waals surface area (Å²) in [6.45, 7) is 1.58. The molecule has 3 aromatic carbocycles. The van der Waals surface area contributed by atoms with Gasteiger partial charge in [-0.3, -0.25) is 4.79 Å². The lowest BCUT2D eigenvalue weighted by atomic mass is 10.0. The molecule has 0 bridgehead atoms. The summed E-state index contributed by atoms with van der Waals surface area (Å²) in [7, 11) is 0. The lowest BCUT2D eigenvalue weighted by molar-refractivity contribution is 0.0320. The number of carbonyl (C=O) groups excluding carboxylic acids is 2. The molecule has 1 aromatic heterocycles. The van der Waals surface area contributed by atoms with Gasteiger partial charge in [-0.2, -0.15) is 0 Å². The second-order valence-electron chi connectivity index (χ2n) is 6.86. The molecule has 1 atom stereocenters. The van der Waals surface area contributed by atoms with Gasteiger partial charge in [0, 0.05) is 21.5 Å². The smallest absolute Gasteiger partial charge is 0.339 e. The molecule has 0 saturated heterocycles. The van der Waals surface area contributed by atoms with Gasteiger partial charge in [-0.25, -0.2) is 9.78 Å². The number of aromatic nitrogens is 1. The van der Waals surface area contributed by atoms with Gasteiger partial charge in [-0.1, -0.05) is 72.3 Å². The van der Waals surface area contributed by atoms with Crippen LogP contribution in [0.3, 0.4) is 0 Å². The van der Waals surface area contributed by atoms with E-state index in [9.17, 15) is 9.59 Å². The molecule has 0 N–H and O–H groups in total. The lowest BCUT2D eigenvalue weighted by Crippen LogP contribution is -2.24. The summed E-state index contributed by atoms with van der Waals surface area (Å²) in [6, 6.07) is 25.0. The first-order valence-electron chi connectivity index (χ1n) is 9.49. The maximum absolute atomic E-state index is 13.0. The van der Waals surface area contributed by atoms with E-state index >= 15 is 0 Å². The van der Waals surface area contributed by atoms with Gasteiger partial charge in [-0.05, 0) is 31.2 Å². The molecule has 4 rings (SSSR count). The molecule has 1 unspecified atom stereocenters. The second kappa shape index (κ2) is 8.47. The van der Waals surface area contributed by atoms with E-state index in [1.807, 2.05) is 42.5 Å². The first kappa shape index (κ1) is 19.8. The van der Waals surface area contributed by atoms with Crippen LogP contribution in [0.4, 0.5) is 0 Å². The standard InChI is InChI=1S/C25H18ClNO3/c1-16(24(28)18-7-3-2-4-8-18)30-25(29)21-15-23(17-11-13-19(26)14-12-17)27-22-10-6-5-9-20(21)22/h2-16H,1H3. The van der Waals surface area contributed by atoms with E-state index < -0.39 is 12.1 Å². The van der Waals surface area contributed by atoms with Crippen molar-refractivity contribution in [3.63, 3.8) is 0 Å². The number of carbonyl (C=O) groups is 2. The number of ether oxygens (including phenoxy) is 1. The Hall–Kier alpha value is -3.50. The Balaban J connectivity index is 1.69. The van der Waals surface area contributed by atoms with Crippen molar-refractivity contribution in [3.8, 4) is 11.3 Å². The molecule has 0 spiro atoms. The predicted octanol–water partition coefficient (Wildman–Crippen LogP) is 5.98. The molecular formula is C25H18ClNO3. The number of hydrogen-bond donors (Lipinski definition) is 0.